The summed E-state index contributed by atoms with van der Waals surface area (Å²) in [5.41, 5.74) is 2.45. The Kier molecular flexibility index (Phi) is 4.51. The first-order valence-corrected chi connectivity index (χ1v) is 7.38. The standard InChI is InChI=1S/C17H17N5O2/c1-22-11-13(5-6-16(22)23)14-8-15(21-17(20-14)24-2)19-10-12-4-3-7-18-9-12/h3-9,11H,10H2,1-2H3,(H,19,20,21). The molecule has 122 valence electrons. The monoisotopic (exact) mass is 323 g/mol. The van der Waals surface area contributed by atoms with E-state index in [-0.39, 0.29) is 11.6 Å². The molecule has 0 fully saturated rings. The Balaban J connectivity index is 1.90. The minimum absolute atomic E-state index is 0.0744. The fraction of sp³-hybridized carbons (Fsp3) is 0.176. The molecule has 0 unspecified atom stereocenters. The summed E-state index contributed by atoms with van der Waals surface area (Å²) in [5.74, 6) is 0.634. The van der Waals surface area contributed by atoms with E-state index in [0.717, 1.165) is 11.1 Å². The molecule has 3 aromatic heterocycles. The summed E-state index contributed by atoms with van der Waals surface area (Å²) >= 11 is 0. The van der Waals surface area contributed by atoms with E-state index < -0.39 is 0 Å². The van der Waals surface area contributed by atoms with Crippen LogP contribution in [0.4, 0.5) is 5.82 Å². The third-order valence-corrected chi connectivity index (χ3v) is 3.47. The van der Waals surface area contributed by atoms with Crippen molar-refractivity contribution >= 4 is 5.82 Å². The molecule has 3 rings (SSSR count). The molecule has 7 heteroatoms. The molecule has 0 saturated carbocycles. The van der Waals surface area contributed by atoms with Gasteiger partial charge in [-0.05, 0) is 17.7 Å². The molecule has 7 nitrogen and oxygen atoms in total. The average molecular weight is 323 g/mol. The molecular weight excluding hydrogens is 306 g/mol. The number of pyridine rings is 2. The number of hydrogen-bond donors (Lipinski definition) is 1. The lowest BCUT2D eigenvalue weighted by atomic mass is 10.2. The van der Waals surface area contributed by atoms with Gasteiger partial charge in [-0.1, -0.05) is 6.07 Å². The second kappa shape index (κ2) is 6.91. The van der Waals surface area contributed by atoms with Gasteiger partial charge in [-0.15, -0.1) is 0 Å². The van der Waals surface area contributed by atoms with Crippen LogP contribution < -0.4 is 15.6 Å². The van der Waals surface area contributed by atoms with Gasteiger partial charge in [-0.3, -0.25) is 9.78 Å². The Morgan fingerprint density at radius 1 is 1.25 bits per heavy atom. The molecule has 1 N–H and O–H groups in total. The number of methoxy groups -OCH3 is 1. The third-order valence-electron chi connectivity index (χ3n) is 3.47. The molecule has 0 aliphatic rings. The highest BCUT2D eigenvalue weighted by atomic mass is 16.5. The predicted octanol–water partition coefficient (Wildman–Crippen LogP) is 1.86. The van der Waals surface area contributed by atoms with Crippen LogP contribution in [0.3, 0.4) is 0 Å². The normalized spacial score (nSPS) is 10.4. The van der Waals surface area contributed by atoms with Crippen LogP contribution in [0.5, 0.6) is 6.01 Å². The van der Waals surface area contributed by atoms with Crippen molar-refractivity contribution < 1.29 is 4.74 Å². The zero-order valence-corrected chi connectivity index (χ0v) is 13.4. The number of aryl methyl sites for hydroxylation is 1. The third kappa shape index (κ3) is 3.57. The first-order valence-electron chi connectivity index (χ1n) is 7.38. The maximum atomic E-state index is 11.5. The average Bonchev–Trinajstić information content (AvgIpc) is 2.63. The van der Waals surface area contributed by atoms with Crippen LogP contribution in [0.1, 0.15) is 5.56 Å². The molecule has 0 amide bonds. The van der Waals surface area contributed by atoms with Crippen LogP contribution in [0, 0.1) is 0 Å². The fourth-order valence-corrected chi connectivity index (χ4v) is 2.20. The topological polar surface area (TPSA) is 81.9 Å². The quantitative estimate of drug-likeness (QED) is 0.772. The van der Waals surface area contributed by atoms with Gasteiger partial charge in [0.15, 0.2) is 0 Å². The van der Waals surface area contributed by atoms with E-state index in [4.69, 9.17) is 4.74 Å². The van der Waals surface area contributed by atoms with Crippen molar-refractivity contribution in [1.29, 1.82) is 0 Å². The summed E-state index contributed by atoms with van der Waals surface area (Å²) in [6.07, 6.45) is 5.25. The molecular formula is C17H17N5O2. The Hall–Kier alpha value is -3.22. The Morgan fingerprint density at radius 3 is 2.83 bits per heavy atom. The van der Waals surface area contributed by atoms with Crippen molar-refractivity contribution in [2.45, 2.75) is 6.54 Å². The lowest BCUT2D eigenvalue weighted by molar-refractivity contribution is 0.381. The van der Waals surface area contributed by atoms with Gasteiger partial charge >= 0.3 is 6.01 Å². The number of anilines is 1. The Bertz CT molecular complexity index is 893. The van der Waals surface area contributed by atoms with Crippen molar-refractivity contribution in [2.24, 2.45) is 7.05 Å². The van der Waals surface area contributed by atoms with E-state index in [9.17, 15) is 4.79 Å². The lowest BCUT2D eigenvalue weighted by Crippen LogP contribution is -2.14. The number of nitrogens with zero attached hydrogens (tertiary/aromatic N) is 4. The molecule has 24 heavy (non-hydrogen) atoms. The number of nitrogens with one attached hydrogen (secondary N) is 1. The van der Waals surface area contributed by atoms with Crippen LogP contribution >= 0.6 is 0 Å². The zero-order valence-electron chi connectivity index (χ0n) is 13.4. The maximum Gasteiger partial charge on any atom is 0.318 e. The van der Waals surface area contributed by atoms with E-state index in [0.29, 0.717) is 18.1 Å². The van der Waals surface area contributed by atoms with Gasteiger partial charge in [-0.25, -0.2) is 0 Å². The van der Waals surface area contributed by atoms with E-state index in [1.165, 1.54) is 17.7 Å². The van der Waals surface area contributed by atoms with Gasteiger partial charge in [0.1, 0.15) is 5.82 Å². The van der Waals surface area contributed by atoms with Gasteiger partial charge in [-0.2, -0.15) is 9.97 Å². The summed E-state index contributed by atoms with van der Waals surface area (Å²) in [4.78, 5) is 24.3. The first-order chi connectivity index (χ1) is 11.7. The van der Waals surface area contributed by atoms with Crippen molar-refractivity contribution in [3.05, 3.63) is 64.8 Å². The van der Waals surface area contributed by atoms with E-state index in [2.05, 4.69) is 20.3 Å². The number of hydrogen-bond acceptors (Lipinski definition) is 6. The molecule has 3 aromatic rings. The first kappa shape index (κ1) is 15.7. The second-order valence-corrected chi connectivity index (χ2v) is 5.21. The molecule has 0 radical (unpaired) electrons. The summed E-state index contributed by atoms with van der Waals surface area (Å²) in [5, 5.41) is 3.23. The van der Waals surface area contributed by atoms with Gasteiger partial charge in [0.25, 0.3) is 0 Å². The van der Waals surface area contributed by atoms with Gasteiger partial charge in [0, 0.05) is 49.9 Å². The van der Waals surface area contributed by atoms with Crippen LogP contribution in [-0.4, -0.2) is 26.6 Å². The number of rotatable bonds is 5. The highest BCUT2D eigenvalue weighted by Gasteiger charge is 2.08. The van der Waals surface area contributed by atoms with Crippen LogP contribution in [0.15, 0.2) is 53.7 Å². The predicted molar refractivity (Wildman–Crippen MR) is 90.8 cm³/mol. The van der Waals surface area contributed by atoms with Crippen molar-refractivity contribution in [1.82, 2.24) is 19.5 Å². The SMILES string of the molecule is COc1nc(NCc2cccnc2)cc(-c2ccc(=O)n(C)c2)n1. The Labute approximate surface area is 139 Å². The van der Waals surface area contributed by atoms with E-state index in [1.807, 2.05) is 18.2 Å². The molecule has 3 heterocycles. The Morgan fingerprint density at radius 2 is 2.12 bits per heavy atom. The maximum absolute atomic E-state index is 11.5. The van der Waals surface area contributed by atoms with E-state index in [1.54, 1.807) is 31.7 Å². The smallest absolute Gasteiger partial charge is 0.318 e. The summed E-state index contributed by atoms with van der Waals surface area (Å²) in [6.45, 7) is 0.584. The minimum Gasteiger partial charge on any atom is -0.467 e. The highest BCUT2D eigenvalue weighted by molar-refractivity contribution is 5.62. The highest BCUT2D eigenvalue weighted by Crippen LogP contribution is 2.21. The summed E-state index contributed by atoms with van der Waals surface area (Å²) in [7, 11) is 3.22. The molecule has 0 aliphatic carbocycles. The largest absolute Gasteiger partial charge is 0.467 e. The van der Waals surface area contributed by atoms with Gasteiger partial charge in [0.2, 0.25) is 5.56 Å². The minimum atomic E-state index is -0.0744. The molecule has 0 bridgehead atoms. The fourth-order valence-electron chi connectivity index (χ4n) is 2.20. The summed E-state index contributed by atoms with van der Waals surface area (Å²) in [6, 6.07) is 9.18. The lowest BCUT2D eigenvalue weighted by Gasteiger charge is -2.10. The van der Waals surface area contributed by atoms with Crippen LogP contribution in [0.2, 0.25) is 0 Å². The molecule has 0 spiro atoms. The van der Waals surface area contributed by atoms with Crippen LogP contribution in [-0.2, 0) is 13.6 Å². The number of aromatic nitrogens is 4. The molecule has 0 aromatic carbocycles. The van der Waals surface area contributed by atoms with Crippen molar-refractivity contribution in [2.75, 3.05) is 12.4 Å². The zero-order chi connectivity index (χ0) is 16.9. The number of ether oxygens (including phenoxy) is 1. The van der Waals surface area contributed by atoms with Gasteiger partial charge in [0.05, 0.1) is 12.8 Å². The molecule has 0 saturated heterocycles. The molecule has 0 atom stereocenters. The van der Waals surface area contributed by atoms with Crippen LogP contribution in [0.25, 0.3) is 11.3 Å². The second-order valence-electron chi connectivity index (χ2n) is 5.21. The van der Waals surface area contributed by atoms with Crippen molar-refractivity contribution in [3.8, 4) is 17.3 Å². The van der Waals surface area contributed by atoms with Crippen molar-refractivity contribution in [3.63, 3.8) is 0 Å². The summed E-state index contributed by atoms with van der Waals surface area (Å²) < 4.78 is 6.69. The van der Waals surface area contributed by atoms with E-state index >= 15 is 0 Å². The van der Waals surface area contributed by atoms with Gasteiger partial charge < -0.3 is 14.6 Å². The molecule has 0 aliphatic heterocycles.